The Kier molecular flexibility index (Phi) is 7.66. The van der Waals surface area contributed by atoms with Crippen molar-refractivity contribution in [2.75, 3.05) is 19.8 Å². The van der Waals surface area contributed by atoms with Gasteiger partial charge in [-0.05, 0) is 42.5 Å². The molecule has 0 radical (unpaired) electrons. The van der Waals surface area contributed by atoms with Crippen molar-refractivity contribution in [1.29, 1.82) is 0 Å². The van der Waals surface area contributed by atoms with E-state index in [1.165, 1.54) is 24.6 Å². The zero-order valence-electron chi connectivity index (χ0n) is 16.9. The summed E-state index contributed by atoms with van der Waals surface area (Å²) in [6.45, 7) is 5.11. The maximum Gasteiger partial charge on any atom is 0.490 e. The minimum atomic E-state index is -5.08. The molecule has 0 bridgehead atoms. The number of carboxylic acids is 1. The summed E-state index contributed by atoms with van der Waals surface area (Å²) in [5, 5.41) is 11.6. The second-order valence-corrected chi connectivity index (χ2v) is 7.95. The van der Waals surface area contributed by atoms with Gasteiger partial charge in [0.25, 0.3) is 0 Å². The number of carbonyl (C=O) groups is 1. The standard InChI is InChI=1S/C19H24FN3O.C2HF3O2/c20-18-3-1-2-16(8-18)9-22-10-17(14-24-13-15-4-5-15)11-23-19(12-22)6-7-21-23;3-2(4,5)1(6)7/h1-3,6-8,15,17H,4-5,9-14H2;(H,6,7). The Morgan fingerprint density at radius 3 is 2.52 bits per heavy atom. The van der Waals surface area contributed by atoms with Crippen LogP contribution in [0.4, 0.5) is 17.6 Å². The van der Waals surface area contributed by atoms with E-state index in [4.69, 9.17) is 14.6 Å². The molecule has 2 aliphatic rings. The van der Waals surface area contributed by atoms with Crippen LogP contribution in [0.3, 0.4) is 0 Å². The fourth-order valence-electron chi connectivity index (χ4n) is 3.43. The van der Waals surface area contributed by atoms with E-state index in [0.717, 1.165) is 50.9 Å². The van der Waals surface area contributed by atoms with E-state index in [2.05, 4.69) is 20.7 Å². The number of ether oxygens (including phenoxy) is 1. The molecule has 1 N–H and O–H groups in total. The highest BCUT2D eigenvalue weighted by Crippen LogP contribution is 2.29. The van der Waals surface area contributed by atoms with E-state index in [1.54, 1.807) is 12.1 Å². The maximum atomic E-state index is 13.5. The molecule has 10 heteroatoms. The molecular weight excluding hydrogens is 418 g/mol. The minimum absolute atomic E-state index is 0.170. The Labute approximate surface area is 177 Å². The van der Waals surface area contributed by atoms with Gasteiger partial charge in [-0.3, -0.25) is 9.58 Å². The summed E-state index contributed by atoms with van der Waals surface area (Å²) < 4.78 is 53.2. The summed E-state index contributed by atoms with van der Waals surface area (Å²) in [5.41, 5.74) is 2.23. The molecule has 2 aromatic rings. The molecule has 1 aromatic carbocycles. The highest BCUT2D eigenvalue weighted by molar-refractivity contribution is 5.73. The van der Waals surface area contributed by atoms with Gasteiger partial charge in [0.15, 0.2) is 0 Å². The predicted octanol–water partition coefficient (Wildman–Crippen LogP) is 3.71. The number of halogens is 4. The third kappa shape index (κ3) is 7.62. The minimum Gasteiger partial charge on any atom is -0.475 e. The molecule has 170 valence electrons. The first-order valence-electron chi connectivity index (χ1n) is 10.1. The number of hydrogen-bond donors (Lipinski definition) is 1. The van der Waals surface area contributed by atoms with Crippen molar-refractivity contribution in [2.45, 2.75) is 38.7 Å². The first-order valence-corrected chi connectivity index (χ1v) is 10.1. The first kappa shape index (κ1) is 23.2. The normalized spacial score (nSPS) is 19.2. The zero-order valence-corrected chi connectivity index (χ0v) is 16.9. The molecule has 4 rings (SSSR count). The lowest BCUT2D eigenvalue weighted by molar-refractivity contribution is -0.192. The first-order chi connectivity index (χ1) is 14.7. The summed E-state index contributed by atoms with van der Waals surface area (Å²) in [4.78, 5) is 11.3. The van der Waals surface area contributed by atoms with Gasteiger partial charge < -0.3 is 9.84 Å². The zero-order chi connectivity index (χ0) is 22.4. The number of alkyl halides is 3. The van der Waals surface area contributed by atoms with Crippen molar-refractivity contribution in [3.8, 4) is 0 Å². The summed E-state index contributed by atoms with van der Waals surface area (Å²) in [6.07, 6.45) is -0.581. The lowest BCUT2D eigenvalue weighted by atomic mass is 10.1. The van der Waals surface area contributed by atoms with Crippen LogP contribution < -0.4 is 0 Å². The number of nitrogens with zero attached hydrogens (tertiary/aromatic N) is 3. The number of rotatable bonds is 6. The summed E-state index contributed by atoms with van der Waals surface area (Å²) in [7, 11) is 0. The third-order valence-electron chi connectivity index (χ3n) is 5.08. The molecule has 0 amide bonds. The Morgan fingerprint density at radius 2 is 1.87 bits per heavy atom. The molecule has 0 spiro atoms. The lowest BCUT2D eigenvalue weighted by Crippen LogP contribution is -2.30. The van der Waals surface area contributed by atoms with Gasteiger partial charge in [-0.15, -0.1) is 0 Å². The van der Waals surface area contributed by atoms with Gasteiger partial charge in [-0.25, -0.2) is 9.18 Å². The van der Waals surface area contributed by atoms with Crippen LogP contribution in [-0.2, 0) is 29.2 Å². The summed E-state index contributed by atoms with van der Waals surface area (Å²) >= 11 is 0. The number of benzene rings is 1. The quantitative estimate of drug-likeness (QED) is 0.690. The second-order valence-electron chi connectivity index (χ2n) is 7.95. The van der Waals surface area contributed by atoms with Gasteiger partial charge in [0, 0.05) is 44.9 Å². The number of fused-ring (bicyclic) bond motifs is 1. The monoisotopic (exact) mass is 443 g/mol. The summed E-state index contributed by atoms with van der Waals surface area (Å²) in [6, 6.07) is 8.97. The van der Waals surface area contributed by atoms with Gasteiger partial charge in [-0.1, -0.05) is 12.1 Å². The van der Waals surface area contributed by atoms with E-state index < -0.39 is 12.1 Å². The number of carboxylic acid groups (broad SMARTS) is 1. The van der Waals surface area contributed by atoms with Gasteiger partial charge in [0.2, 0.25) is 0 Å². The number of aromatic nitrogens is 2. The molecule has 1 aliphatic carbocycles. The maximum absolute atomic E-state index is 13.5. The van der Waals surface area contributed by atoms with Crippen LogP contribution in [0.15, 0.2) is 36.5 Å². The smallest absolute Gasteiger partial charge is 0.475 e. The average molecular weight is 443 g/mol. The molecule has 2 heterocycles. The van der Waals surface area contributed by atoms with Gasteiger partial charge in [-0.2, -0.15) is 18.3 Å². The topological polar surface area (TPSA) is 67.6 Å². The van der Waals surface area contributed by atoms with Crippen LogP contribution in [0.5, 0.6) is 0 Å². The average Bonchev–Trinajstić information content (AvgIpc) is 3.43. The molecule has 6 nitrogen and oxygen atoms in total. The van der Waals surface area contributed by atoms with Crippen molar-refractivity contribution in [1.82, 2.24) is 14.7 Å². The molecule has 31 heavy (non-hydrogen) atoms. The second kappa shape index (κ2) is 10.2. The third-order valence-corrected chi connectivity index (χ3v) is 5.08. The van der Waals surface area contributed by atoms with E-state index in [9.17, 15) is 17.6 Å². The molecule has 1 aliphatic heterocycles. The van der Waals surface area contributed by atoms with Crippen molar-refractivity contribution < 1.29 is 32.2 Å². The van der Waals surface area contributed by atoms with Gasteiger partial charge in [0.05, 0.1) is 12.3 Å². The van der Waals surface area contributed by atoms with Gasteiger partial charge in [0.1, 0.15) is 5.82 Å². The highest BCUT2D eigenvalue weighted by Gasteiger charge is 2.38. The van der Waals surface area contributed by atoms with Crippen molar-refractivity contribution in [2.24, 2.45) is 11.8 Å². The highest BCUT2D eigenvalue weighted by atomic mass is 19.4. The SMILES string of the molecule is Fc1cccc(CN2Cc3ccnn3CC(COCC3CC3)C2)c1.O=C(O)C(F)(F)F. The number of hydrogen-bond acceptors (Lipinski definition) is 4. The van der Waals surface area contributed by atoms with E-state index in [0.29, 0.717) is 5.92 Å². The van der Waals surface area contributed by atoms with Crippen molar-refractivity contribution >= 4 is 5.97 Å². The fraction of sp³-hybridized carbons (Fsp3) is 0.524. The van der Waals surface area contributed by atoms with Crippen molar-refractivity contribution in [3.05, 3.63) is 53.6 Å². The molecular formula is C21H25F4N3O3. The molecule has 0 saturated heterocycles. The predicted molar refractivity (Wildman–Crippen MR) is 103 cm³/mol. The van der Waals surface area contributed by atoms with Crippen LogP contribution in [0.1, 0.15) is 24.1 Å². The van der Waals surface area contributed by atoms with Crippen LogP contribution in [0, 0.1) is 17.7 Å². The van der Waals surface area contributed by atoms with E-state index >= 15 is 0 Å². The Morgan fingerprint density at radius 1 is 1.16 bits per heavy atom. The Balaban J connectivity index is 0.000000339. The molecule has 1 atom stereocenters. The summed E-state index contributed by atoms with van der Waals surface area (Å²) in [5.74, 6) is -1.72. The molecule has 1 aromatic heterocycles. The Hall–Kier alpha value is -2.46. The number of aliphatic carboxylic acids is 1. The van der Waals surface area contributed by atoms with Crippen molar-refractivity contribution in [3.63, 3.8) is 0 Å². The Bertz CT molecular complexity index is 868. The molecule has 1 unspecified atom stereocenters. The van der Waals surface area contributed by atoms with E-state index in [1.807, 2.05) is 12.3 Å². The van der Waals surface area contributed by atoms with Gasteiger partial charge >= 0.3 is 12.1 Å². The fourth-order valence-corrected chi connectivity index (χ4v) is 3.43. The largest absolute Gasteiger partial charge is 0.490 e. The van der Waals surface area contributed by atoms with Crippen LogP contribution in [0.25, 0.3) is 0 Å². The lowest BCUT2D eigenvalue weighted by Gasteiger charge is -2.24. The van der Waals surface area contributed by atoms with E-state index in [-0.39, 0.29) is 5.82 Å². The van der Waals surface area contributed by atoms with Crippen LogP contribution >= 0.6 is 0 Å². The molecule has 1 saturated carbocycles. The molecule has 1 fully saturated rings. The van der Waals surface area contributed by atoms with Crippen LogP contribution in [0.2, 0.25) is 0 Å². The van der Waals surface area contributed by atoms with Crippen LogP contribution in [-0.4, -0.2) is 51.7 Å².